The molecule has 0 spiro atoms. The number of benzene rings is 2. The number of halogens is 2. The number of sulfone groups is 1. The van der Waals surface area contributed by atoms with Crippen molar-refractivity contribution in [1.29, 1.82) is 0 Å². The van der Waals surface area contributed by atoms with Crippen LogP contribution in [0.3, 0.4) is 0 Å². The van der Waals surface area contributed by atoms with Crippen molar-refractivity contribution in [3.63, 3.8) is 0 Å². The van der Waals surface area contributed by atoms with Crippen LogP contribution in [0.25, 0.3) is 0 Å². The van der Waals surface area contributed by atoms with Crippen molar-refractivity contribution in [1.82, 2.24) is 0 Å². The molecule has 0 aliphatic carbocycles. The molecule has 0 saturated carbocycles. The predicted molar refractivity (Wildman–Crippen MR) is 83.7 cm³/mol. The molecule has 2 rings (SSSR count). The molecule has 0 radical (unpaired) electrons. The zero-order chi connectivity index (χ0) is 15.6. The van der Waals surface area contributed by atoms with E-state index in [-0.39, 0.29) is 10.5 Å². The number of rotatable bonds is 3. The molecular formula is C14H10BrClO4S. The SMILES string of the molecule is CS(=O)(=O)c1cccc(C(=O)Oc2ccc(Cl)cc2Br)c1. The fourth-order valence-corrected chi connectivity index (χ4v) is 3.00. The monoisotopic (exact) mass is 388 g/mol. The fraction of sp³-hybridized carbons (Fsp3) is 0.0714. The van der Waals surface area contributed by atoms with Crippen LogP contribution in [0.2, 0.25) is 5.02 Å². The van der Waals surface area contributed by atoms with Gasteiger partial charge in [-0.25, -0.2) is 13.2 Å². The Kier molecular flexibility index (Phi) is 4.70. The Morgan fingerprint density at radius 3 is 2.52 bits per heavy atom. The molecule has 0 fully saturated rings. The molecule has 0 aliphatic heterocycles. The van der Waals surface area contributed by atoms with Gasteiger partial charge in [0.1, 0.15) is 5.75 Å². The quantitative estimate of drug-likeness (QED) is 0.593. The molecule has 0 saturated heterocycles. The van der Waals surface area contributed by atoms with Gasteiger partial charge in [-0.05, 0) is 52.3 Å². The first kappa shape index (κ1) is 16.0. The van der Waals surface area contributed by atoms with Crippen molar-refractivity contribution in [2.24, 2.45) is 0 Å². The molecule has 0 atom stereocenters. The highest BCUT2D eigenvalue weighted by Gasteiger charge is 2.14. The van der Waals surface area contributed by atoms with E-state index in [0.717, 1.165) is 6.26 Å². The summed E-state index contributed by atoms with van der Waals surface area (Å²) in [6.07, 6.45) is 1.08. The molecule has 0 aliphatic rings. The normalized spacial score (nSPS) is 11.2. The number of esters is 1. The van der Waals surface area contributed by atoms with Crippen molar-refractivity contribution < 1.29 is 17.9 Å². The lowest BCUT2D eigenvalue weighted by atomic mass is 10.2. The molecule has 0 N–H and O–H groups in total. The highest BCUT2D eigenvalue weighted by molar-refractivity contribution is 9.10. The van der Waals surface area contributed by atoms with Gasteiger partial charge in [-0.3, -0.25) is 0 Å². The first-order chi connectivity index (χ1) is 9.77. The number of hydrogen-bond donors (Lipinski definition) is 0. The summed E-state index contributed by atoms with van der Waals surface area (Å²) in [5, 5.41) is 0.501. The van der Waals surface area contributed by atoms with E-state index in [1.165, 1.54) is 24.3 Å². The van der Waals surface area contributed by atoms with E-state index in [1.54, 1.807) is 18.2 Å². The van der Waals surface area contributed by atoms with Gasteiger partial charge in [0.2, 0.25) is 0 Å². The van der Waals surface area contributed by atoms with E-state index in [4.69, 9.17) is 16.3 Å². The third-order valence-electron chi connectivity index (χ3n) is 2.59. The van der Waals surface area contributed by atoms with E-state index < -0.39 is 15.8 Å². The highest BCUT2D eigenvalue weighted by Crippen LogP contribution is 2.28. The summed E-state index contributed by atoms with van der Waals surface area (Å²) in [6, 6.07) is 10.4. The summed E-state index contributed by atoms with van der Waals surface area (Å²) < 4.78 is 28.7. The van der Waals surface area contributed by atoms with Crippen LogP contribution in [0, 0.1) is 0 Å². The second-order valence-electron chi connectivity index (χ2n) is 4.26. The molecular weight excluding hydrogens is 380 g/mol. The summed E-state index contributed by atoms with van der Waals surface area (Å²) in [6.45, 7) is 0. The third kappa shape index (κ3) is 4.06. The van der Waals surface area contributed by atoms with E-state index in [0.29, 0.717) is 15.2 Å². The lowest BCUT2D eigenvalue weighted by Gasteiger charge is -2.07. The average molecular weight is 390 g/mol. The third-order valence-corrected chi connectivity index (χ3v) is 4.56. The first-order valence-corrected chi connectivity index (χ1v) is 8.81. The lowest BCUT2D eigenvalue weighted by Crippen LogP contribution is -2.10. The second-order valence-corrected chi connectivity index (χ2v) is 7.57. The molecule has 110 valence electrons. The van der Waals surface area contributed by atoms with E-state index in [9.17, 15) is 13.2 Å². The molecule has 2 aromatic carbocycles. The molecule has 0 heterocycles. The van der Waals surface area contributed by atoms with Gasteiger partial charge in [-0.2, -0.15) is 0 Å². The average Bonchev–Trinajstić information content (AvgIpc) is 2.41. The predicted octanol–water partition coefficient (Wildman–Crippen LogP) is 3.73. The van der Waals surface area contributed by atoms with E-state index in [2.05, 4.69) is 15.9 Å². The smallest absolute Gasteiger partial charge is 0.343 e. The molecule has 2 aromatic rings. The summed E-state index contributed by atoms with van der Waals surface area (Å²) in [5.41, 5.74) is 0.153. The minimum Gasteiger partial charge on any atom is -0.422 e. The minimum absolute atomic E-state index is 0.0621. The van der Waals surface area contributed by atoms with Crippen LogP contribution >= 0.6 is 27.5 Å². The van der Waals surface area contributed by atoms with Crippen LogP contribution in [0.1, 0.15) is 10.4 Å². The summed E-state index contributed by atoms with van der Waals surface area (Å²) in [7, 11) is -3.38. The highest BCUT2D eigenvalue weighted by atomic mass is 79.9. The molecule has 7 heteroatoms. The Morgan fingerprint density at radius 1 is 1.19 bits per heavy atom. The second kappa shape index (κ2) is 6.17. The minimum atomic E-state index is -3.38. The van der Waals surface area contributed by atoms with Gasteiger partial charge >= 0.3 is 5.97 Å². The van der Waals surface area contributed by atoms with Crippen molar-refractivity contribution in [3.8, 4) is 5.75 Å². The fourth-order valence-electron chi connectivity index (χ4n) is 1.57. The Hall–Kier alpha value is -1.37. The molecule has 4 nitrogen and oxygen atoms in total. The number of carbonyl (C=O) groups excluding carboxylic acids is 1. The Bertz CT molecular complexity index is 802. The zero-order valence-electron chi connectivity index (χ0n) is 10.8. The molecule has 0 aromatic heterocycles. The maximum absolute atomic E-state index is 12.1. The Labute approximate surface area is 135 Å². The van der Waals surface area contributed by atoms with Gasteiger partial charge in [-0.15, -0.1) is 0 Å². The van der Waals surface area contributed by atoms with Crippen molar-refractivity contribution in [2.45, 2.75) is 4.90 Å². The van der Waals surface area contributed by atoms with Crippen LogP contribution in [0.4, 0.5) is 0 Å². The summed E-state index contributed by atoms with van der Waals surface area (Å²) >= 11 is 9.04. The Balaban J connectivity index is 2.29. The lowest BCUT2D eigenvalue weighted by molar-refractivity contribution is 0.0733. The number of hydrogen-bond acceptors (Lipinski definition) is 4. The van der Waals surface area contributed by atoms with E-state index in [1.807, 2.05) is 0 Å². The Morgan fingerprint density at radius 2 is 1.90 bits per heavy atom. The summed E-state index contributed by atoms with van der Waals surface area (Å²) in [5.74, 6) is -0.349. The molecule has 0 bridgehead atoms. The van der Waals surface area contributed by atoms with Crippen molar-refractivity contribution >= 4 is 43.3 Å². The topological polar surface area (TPSA) is 60.4 Å². The van der Waals surface area contributed by atoms with Gasteiger partial charge in [0, 0.05) is 11.3 Å². The largest absolute Gasteiger partial charge is 0.422 e. The van der Waals surface area contributed by atoms with Crippen LogP contribution in [0.15, 0.2) is 51.8 Å². The maximum Gasteiger partial charge on any atom is 0.343 e. The molecule has 0 amide bonds. The van der Waals surface area contributed by atoms with Gasteiger partial charge in [0.05, 0.1) is 14.9 Å². The van der Waals surface area contributed by atoms with Gasteiger partial charge in [0.15, 0.2) is 9.84 Å². The van der Waals surface area contributed by atoms with E-state index >= 15 is 0 Å². The van der Waals surface area contributed by atoms with Crippen molar-refractivity contribution in [2.75, 3.05) is 6.26 Å². The standard InChI is InChI=1S/C14H10BrClO4S/c1-21(18,19)11-4-2-3-9(7-11)14(17)20-13-6-5-10(16)8-12(13)15/h2-8H,1H3. The van der Waals surface area contributed by atoms with Crippen LogP contribution in [-0.2, 0) is 9.84 Å². The van der Waals surface area contributed by atoms with Gasteiger partial charge in [-0.1, -0.05) is 17.7 Å². The van der Waals surface area contributed by atoms with Gasteiger partial charge < -0.3 is 4.74 Å². The summed E-state index contributed by atoms with van der Waals surface area (Å²) in [4.78, 5) is 12.1. The van der Waals surface area contributed by atoms with Gasteiger partial charge in [0.25, 0.3) is 0 Å². The first-order valence-electron chi connectivity index (χ1n) is 5.75. The number of carbonyl (C=O) groups is 1. The van der Waals surface area contributed by atoms with Crippen LogP contribution < -0.4 is 4.74 Å². The van der Waals surface area contributed by atoms with Crippen molar-refractivity contribution in [3.05, 3.63) is 57.5 Å². The maximum atomic E-state index is 12.1. The van der Waals surface area contributed by atoms with Crippen LogP contribution in [-0.4, -0.2) is 20.6 Å². The number of ether oxygens (including phenoxy) is 1. The zero-order valence-corrected chi connectivity index (χ0v) is 14.0. The van der Waals surface area contributed by atoms with Crippen LogP contribution in [0.5, 0.6) is 5.75 Å². The molecule has 0 unspecified atom stereocenters. The molecule has 21 heavy (non-hydrogen) atoms.